The number of rotatable bonds is 15. The Balaban J connectivity index is 1.29. The molecule has 0 bridgehead atoms. The van der Waals surface area contributed by atoms with Crippen LogP contribution < -0.4 is 14.2 Å². The van der Waals surface area contributed by atoms with Crippen LogP contribution in [0.15, 0.2) is 84.9 Å². The highest BCUT2D eigenvalue weighted by molar-refractivity contribution is 6.05. The summed E-state index contributed by atoms with van der Waals surface area (Å²) in [7, 11) is 0. The molecule has 4 rings (SSSR count). The minimum absolute atomic E-state index is 0.0926. The van der Waals surface area contributed by atoms with Gasteiger partial charge < -0.3 is 19.3 Å². The number of benzene rings is 4. The number of carboxylic acid groups (broad SMARTS) is 1. The molecule has 1 N–H and O–H groups in total. The highest BCUT2D eigenvalue weighted by Gasteiger charge is 2.15. The molecule has 4 aromatic carbocycles. The van der Waals surface area contributed by atoms with E-state index in [1.54, 1.807) is 6.07 Å². The number of unbranched alkanes of at least 4 members (excludes halogenated alkanes) is 7. The third-order valence-corrected chi connectivity index (χ3v) is 6.95. The Hall–Kier alpha value is -4.65. The summed E-state index contributed by atoms with van der Waals surface area (Å²) >= 11 is 0. The quantitative estimate of drug-likeness (QED) is 0.0872. The zero-order chi connectivity index (χ0) is 29.7. The third kappa shape index (κ3) is 8.67. The van der Waals surface area contributed by atoms with E-state index >= 15 is 0 Å². The van der Waals surface area contributed by atoms with E-state index in [0.29, 0.717) is 12.2 Å². The molecule has 0 saturated carbocycles. The summed E-state index contributed by atoms with van der Waals surface area (Å²) in [6, 6.07) is 22.7. The van der Waals surface area contributed by atoms with Gasteiger partial charge in [0, 0.05) is 0 Å². The molecule has 218 valence electrons. The van der Waals surface area contributed by atoms with E-state index in [0.717, 1.165) is 22.9 Å². The van der Waals surface area contributed by atoms with E-state index in [9.17, 15) is 14.4 Å². The molecular weight excluding hydrogens is 532 g/mol. The van der Waals surface area contributed by atoms with Crippen molar-refractivity contribution in [3.63, 3.8) is 0 Å². The SMILES string of the molecule is CCCCCCCCCCOc1ccc2c(C(=O)Oc3ccc(C(=O)Oc4ccc(C(=O)O)cc4)cc3)cccc2c1. The largest absolute Gasteiger partial charge is 0.494 e. The first-order chi connectivity index (χ1) is 20.4. The van der Waals surface area contributed by atoms with Crippen molar-refractivity contribution >= 4 is 28.7 Å². The smallest absolute Gasteiger partial charge is 0.344 e. The lowest BCUT2D eigenvalue weighted by Crippen LogP contribution is -2.11. The van der Waals surface area contributed by atoms with Gasteiger partial charge in [0.2, 0.25) is 0 Å². The van der Waals surface area contributed by atoms with Crippen LogP contribution in [0, 0.1) is 0 Å². The van der Waals surface area contributed by atoms with Crippen molar-refractivity contribution in [2.24, 2.45) is 0 Å². The van der Waals surface area contributed by atoms with Crippen LogP contribution in [-0.4, -0.2) is 29.6 Å². The molecule has 0 radical (unpaired) electrons. The van der Waals surface area contributed by atoms with Gasteiger partial charge in [-0.1, -0.05) is 64.0 Å². The minimum Gasteiger partial charge on any atom is -0.494 e. The number of esters is 2. The Morgan fingerprint density at radius 1 is 0.619 bits per heavy atom. The molecule has 0 amide bonds. The lowest BCUT2D eigenvalue weighted by atomic mass is 10.0. The van der Waals surface area contributed by atoms with Crippen molar-refractivity contribution in [2.45, 2.75) is 58.3 Å². The number of hydrogen-bond donors (Lipinski definition) is 1. The van der Waals surface area contributed by atoms with Crippen LogP contribution in [-0.2, 0) is 0 Å². The van der Waals surface area contributed by atoms with Gasteiger partial charge in [-0.2, -0.15) is 0 Å². The molecule has 7 heteroatoms. The normalized spacial score (nSPS) is 10.8. The Bertz CT molecular complexity index is 1490. The van der Waals surface area contributed by atoms with Gasteiger partial charge in [-0.15, -0.1) is 0 Å². The van der Waals surface area contributed by atoms with Gasteiger partial charge in [0.15, 0.2) is 0 Å². The molecule has 0 aliphatic carbocycles. The van der Waals surface area contributed by atoms with Crippen LogP contribution in [0.2, 0.25) is 0 Å². The topological polar surface area (TPSA) is 99.1 Å². The number of carbonyl (C=O) groups is 3. The highest BCUT2D eigenvalue weighted by Crippen LogP contribution is 2.26. The molecule has 0 aliphatic heterocycles. The molecule has 0 fully saturated rings. The van der Waals surface area contributed by atoms with Gasteiger partial charge in [0.05, 0.1) is 23.3 Å². The van der Waals surface area contributed by atoms with Crippen molar-refractivity contribution in [3.8, 4) is 17.2 Å². The van der Waals surface area contributed by atoms with Gasteiger partial charge in [0.25, 0.3) is 0 Å². The first kappa shape index (κ1) is 30.3. The maximum absolute atomic E-state index is 13.0. The predicted molar refractivity (Wildman–Crippen MR) is 162 cm³/mol. The number of carbonyl (C=O) groups excluding carboxylic acids is 2. The summed E-state index contributed by atoms with van der Waals surface area (Å²) in [5.74, 6) is -0.920. The van der Waals surface area contributed by atoms with Crippen LogP contribution in [0.5, 0.6) is 17.2 Å². The second kappa shape index (κ2) is 15.4. The Kier molecular flexibility index (Phi) is 11.1. The van der Waals surface area contributed by atoms with E-state index in [2.05, 4.69) is 6.92 Å². The molecule has 42 heavy (non-hydrogen) atoms. The van der Waals surface area contributed by atoms with Crippen LogP contribution in [0.4, 0.5) is 0 Å². The van der Waals surface area contributed by atoms with E-state index in [4.69, 9.17) is 19.3 Å². The van der Waals surface area contributed by atoms with Crippen molar-refractivity contribution in [1.29, 1.82) is 0 Å². The fourth-order valence-electron chi connectivity index (χ4n) is 4.61. The number of fused-ring (bicyclic) bond motifs is 1. The molecule has 0 aromatic heterocycles. The third-order valence-electron chi connectivity index (χ3n) is 6.95. The number of hydrogen-bond acceptors (Lipinski definition) is 6. The molecule has 0 unspecified atom stereocenters. The van der Waals surface area contributed by atoms with Crippen LogP contribution >= 0.6 is 0 Å². The first-order valence-electron chi connectivity index (χ1n) is 14.5. The van der Waals surface area contributed by atoms with Gasteiger partial charge in [-0.25, -0.2) is 14.4 Å². The standard InChI is InChI=1S/C35H36O7/c1-2-3-4-5-6-7-8-9-23-40-30-21-22-31-27(24-30)11-10-12-32(31)35(39)42-29-19-15-26(16-20-29)34(38)41-28-17-13-25(14-18-28)33(36)37/h10-22,24H,2-9,23H2,1H3,(H,36,37). The second-order valence-electron chi connectivity index (χ2n) is 10.1. The number of aromatic carboxylic acids is 1. The van der Waals surface area contributed by atoms with E-state index < -0.39 is 17.9 Å². The Morgan fingerprint density at radius 2 is 1.19 bits per heavy atom. The van der Waals surface area contributed by atoms with Gasteiger partial charge >= 0.3 is 17.9 Å². The number of carboxylic acids is 1. The van der Waals surface area contributed by atoms with Gasteiger partial charge in [-0.05, 0) is 90.0 Å². The first-order valence-corrected chi connectivity index (χ1v) is 14.5. The summed E-state index contributed by atoms with van der Waals surface area (Å²) in [6.07, 6.45) is 9.97. The van der Waals surface area contributed by atoms with Crippen molar-refractivity contribution < 1.29 is 33.7 Å². The molecule has 7 nitrogen and oxygen atoms in total. The van der Waals surface area contributed by atoms with Crippen molar-refractivity contribution in [2.75, 3.05) is 6.61 Å². The molecule has 0 saturated heterocycles. The van der Waals surface area contributed by atoms with E-state index in [1.807, 2.05) is 30.3 Å². The molecule has 0 atom stereocenters. The average molecular weight is 569 g/mol. The second-order valence-corrected chi connectivity index (χ2v) is 10.1. The zero-order valence-corrected chi connectivity index (χ0v) is 23.8. The van der Waals surface area contributed by atoms with Crippen LogP contribution in [0.1, 0.15) is 89.4 Å². The molecule has 0 aliphatic rings. The molecule has 4 aromatic rings. The molecule has 0 heterocycles. The monoisotopic (exact) mass is 568 g/mol. The van der Waals surface area contributed by atoms with Crippen LogP contribution in [0.3, 0.4) is 0 Å². The summed E-state index contributed by atoms with van der Waals surface area (Å²) in [4.78, 5) is 36.5. The van der Waals surface area contributed by atoms with Gasteiger partial charge in [0.1, 0.15) is 17.2 Å². The lowest BCUT2D eigenvalue weighted by molar-refractivity contribution is 0.0694. The lowest BCUT2D eigenvalue weighted by Gasteiger charge is -2.10. The minimum atomic E-state index is -1.07. The zero-order valence-electron chi connectivity index (χ0n) is 23.8. The summed E-state index contributed by atoms with van der Waals surface area (Å²) in [5.41, 5.74) is 0.771. The van der Waals surface area contributed by atoms with Crippen molar-refractivity contribution in [3.05, 3.63) is 102 Å². The number of ether oxygens (including phenoxy) is 3. The fourth-order valence-corrected chi connectivity index (χ4v) is 4.61. The maximum atomic E-state index is 13.0. The maximum Gasteiger partial charge on any atom is 0.344 e. The molecular formula is C35H36O7. The molecule has 0 spiro atoms. The predicted octanol–water partition coefficient (Wildman–Crippen LogP) is 8.50. The Morgan fingerprint density at radius 3 is 1.83 bits per heavy atom. The highest BCUT2D eigenvalue weighted by atomic mass is 16.5. The van der Waals surface area contributed by atoms with E-state index in [1.165, 1.54) is 93.5 Å². The van der Waals surface area contributed by atoms with Crippen molar-refractivity contribution in [1.82, 2.24) is 0 Å². The summed E-state index contributed by atoms with van der Waals surface area (Å²) in [6.45, 7) is 2.90. The average Bonchev–Trinajstić information content (AvgIpc) is 3.00. The Labute approximate surface area is 246 Å². The fraction of sp³-hybridized carbons (Fsp3) is 0.286. The summed E-state index contributed by atoms with van der Waals surface area (Å²) in [5, 5.41) is 10.6. The van der Waals surface area contributed by atoms with Gasteiger partial charge in [-0.3, -0.25) is 0 Å². The summed E-state index contributed by atoms with van der Waals surface area (Å²) < 4.78 is 16.8. The van der Waals surface area contributed by atoms with Crippen LogP contribution in [0.25, 0.3) is 10.8 Å². The van der Waals surface area contributed by atoms with E-state index in [-0.39, 0.29) is 22.6 Å².